The lowest BCUT2D eigenvalue weighted by molar-refractivity contribution is -0.136. The van der Waals surface area contributed by atoms with Crippen LogP contribution in [0.2, 0.25) is 0 Å². The van der Waals surface area contributed by atoms with Crippen LogP contribution in [0.15, 0.2) is 18.2 Å². The molecular weight excluding hydrogens is 301 g/mol. The summed E-state index contributed by atoms with van der Waals surface area (Å²) in [6.45, 7) is 5.35. The number of alkyl carbamates (subject to hydrolysis) is 1. The van der Waals surface area contributed by atoms with Crippen LogP contribution in [0.5, 0.6) is 0 Å². The molecule has 0 aliphatic rings. The standard InChI is InChI=1S/C17H20FNO4/c1-17(2,3)23-16(22)19-10-4-5-12-6-7-13(14(18)11-12)8-9-15(20)21/h6-7,11H,8-10H2,1-3H3,(H,19,22)(H,20,21). The number of hydrogen-bond acceptors (Lipinski definition) is 3. The van der Waals surface area contributed by atoms with E-state index in [0.717, 1.165) is 0 Å². The third-order valence-electron chi connectivity index (χ3n) is 2.61. The highest BCUT2D eigenvalue weighted by Gasteiger charge is 2.15. The zero-order chi connectivity index (χ0) is 17.5. The van der Waals surface area contributed by atoms with E-state index in [1.165, 1.54) is 12.1 Å². The maximum Gasteiger partial charge on any atom is 0.408 e. The average Bonchev–Trinajstić information content (AvgIpc) is 2.40. The zero-order valence-corrected chi connectivity index (χ0v) is 13.4. The molecular formula is C17H20FNO4. The molecule has 0 spiro atoms. The maximum absolute atomic E-state index is 13.8. The predicted octanol–water partition coefficient (Wildman–Crippen LogP) is 2.72. The molecule has 0 heterocycles. The first-order valence-corrected chi connectivity index (χ1v) is 7.13. The molecule has 0 atom stereocenters. The van der Waals surface area contributed by atoms with Gasteiger partial charge in [-0.1, -0.05) is 17.9 Å². The molecule has 0 unspecified atom stereocenters. The monoisotopic (exact) mass is 321 g/mol. The lowest BCUT2D eigenvalue weighted by Crippen LogP contribution is -2.32. The van der Waals surface area contributed by atoms with Crippen molar-refractivity contribution in [2.24, 2.45) is 0 Å². The largest absolute Gasteiger partial charge is 0.481 e. The van der Waals surface area contributed by atoms with Crippen LogP contribution in [-0.4, -0.2) is 29.3 Å². The number of rotatable bonds is 4. The molecule has 0 bridgehead atoms. The minimum absolute atomic E-state index is 0.0807. The van der Waals surface area contributed by atoms with Gasteiger partial charge in [0, 0.05) is 12.0 Å². The van der Waals surface area contributed by atoms with E-state index >= 15 is 0 Å². The van der Waals surface area contributed by atoms with Crippen LogP contribution in [0, 0.1) is 17.7 Å². The Hall–Kier alpha value is -2.55. The van der Waals surface area contributed by atoms with E-state index in [2.05, 4.69) is 17.2 Å². The highest BCUT2D eigenvalue weighted by molar-refractivity contribution is 5.68. The van der Waals surface area contributed by atoms with E-state index in [9.17, 15) is 14.0 Å². The van der Waals surface area contributed by atoms with Gasteiger partial charge in [-0.2, -0.15) is 0 Å². The Balaban J connectivity index is 2.54. The molecule has 6 heteroatoms. The van der Waals surface area contributed by atoms with E-state index < -0.39 is 23.5 Å². The van der Waals surface area contributed by atoms with Crippen molar-refractivity contribution in [1.82, 2.24) is 5.32 Å². The van der Waals surface area contributed by atoms with Gasteiger partial charge in [-0.3, -0.25) is 4.79 Å². The Morgan fingerprint density at radius 2 is 2.04 bits per heavy atom. The fourth-order valence-corrected chi connectivity index (χ4v) is 1.65. The average molecular weight is 321 g/mol. The second kappa shape index (κ2) is 8.18. The predicted molar refractivity (Wildman–Crippen MR) is 83.5 cm³/mol. The molecule has 0 aromatic heterocycles. The fourth-order valence-electron chi connectivity index (χ4n) is 1.65. The molecule has 0 saturated carbocycles. The molecule has 0 aliphatic heterocycles. The number of carboxylic acid groups (broad SMARTS) is 1. The number of hydrogen-bond donors (Lipinski definition) is 2. The van der Waals surface area contributed by atoms with Gasteiger partial charge in [0.15, 0.2) is 0 Å². The molecule has 5 nitrogen and oxygen atoms in total. The van der Waals surface area contributed by atoms with Crippen molar-refractivity contribution in [3.8, 4) is 11.8 Å². The van der Waals surface area contributed by atoms with Gasteiger partial charge in [-0.25, -0.2) is 9.18 Å². The van der Waals surface area contributed by atoms with Gasteiger partial charge in [0.25, 0.3) is 0 Å². The second-order valence-corrected chi connectivity index (χ2v) is 5.86. The Kier molecular flexibility index (Phi) is 6.58. The molecule has 0 radical (unpaired) electrons. The van der Waals surface area contributed by atoms with Crippen LogP contribution in [0.1, 0.15) is 38.3 Å². The molecule has 0 saturated heterocycles. The Labute approximate surface area is 134 Å². The molecule has 1 aromatic rings. The minimum atomic E-state index is -0.971. The Morgan fingerprint density at radius 1 is 1.35 bits per heavy atom. The number of ether oxygens (including phenoxy) is 1. The van der Waals surface area contributed by atoms with E-state index in [-0.39, 0.29) is 19.4 Å². The number of carbonyl (C=O) groups excluding carboxylic acids is 1. The van der Waals surface area contributed by atoms with Crippen LogP contribution in [-0.2, 0) is 16.0 Å². The summed E-state index contributed by atoms with van der Waals surface area (Å²) in [5.74, 6) is 3.95. The third kappa shape index (κ3) is 7.86. The SMILES string of the molecule is CC(C)(C)OC(=O)NCC#Cc1ccc(CCC(=O)O)c(F)c1. The molecule has 1 rings (SSSR count). The summed E-state index contributed by atoms with van der Waals surface area (Å²) >= 11 is 0. The van der Waals surface area contributed by atoms with Gasteiger partial charge in [0.2, 0.25) is 0 Å². The third-order valence-corrected chi connectivity index (χ3v) is 2.61. The van der Waals surface area contributed by atoms with E-state index in [4.69, 9.17) is 9.84 Å². The van der Waals surface area contributed by atoms with E-state index in [1.54, 1.807) is 26.8 Å². The smallest absolute Gasteiger partial charge is 0.408 e. The van der Waals surface area contributed by atoms with Crippen molar-refractivity contribution in [3.05, 3.63) is 35.1 Å². The second-order valence-electron chi connectivity index (χ2n) is 5.86. The number of benzene rings is 1. The topological polar surface area (TPSA) is 75.6 Å². The van der Waals surface area contributed by atoms with Gasteiger partial charge in [0.05, 0.1) is 6.54 Å². The van der Waals surface area contributed by atoms with Crippen LogP contribution >= 0.6 is 0 Å². The zero-order valence-electron chi connectivity index (χ0n) is 13.4. The summed E-state index contributed by atoms with van der Waals surface area (Å²) in [6, 6.07) is 4.38. The minimum Gasteiger partial charge on any atom is -0.481 e. The van der Waals surface area contributed by atoms with Gasteiger partial charge in [0.1, 0.15) is 11.4 Å². The fraction of sp³-hybridized carbons (Fsp3) is 0.412. The van der Waals surface area contributed by atoms with Gasteiger partial charge >= 0.3 is 12.1 Å². The van der Waals surface area contributed by atoms with Crippen LogP contribution < -0.4 is 5.32 Å². The number of halogens is 1. The first kappa shape index (κ1) is 18.5. The van der Waals surface area contributed by atoms with Gasteiger partial charge in [-0.15, -0.1) is 0 Å². The molecule has 1 aromatic carbocycles. The number of carbonyl (C=O) groups is 2. The number of nitrogens with one attached hydrogen (secondary N) is 1. The number of aliphatic carboxylic acids is 1. The van der Waals surface area contributed by atoms with Crippen molar-refractivity contribution >= 4 is 12.1 Å². The quantitative estimate of drug-likeness (QED) is 0.836. The molecule has 1 amide bonds. The van der Waals surface area contributed by atoms with E-state index in [1.807, 2.05) is 0 Å². The molecule has 124 valence electrons. The van der Waals surface area contributed by atoms with Gasteiger partial charge in [-0.05, 0) is 44.9 Å². The molecule has 0 fully saturated rings. The lowest BCUT2D eigenvalue weighted by Gasteiger charge is -2.18. The van der Waals surface area contributed by atoms with Crippen LogP contribution in [0.3, 0.4) is 0 Å². The summed E-state index contributed by atoms with van der Waals surface area (Å²) in [7, 11) is 0. The van der Waals surface area contributed by atoms with Gasteiger partial charge < -0.3 is 15.2 Å². The number of amides is 1. The van der Waals surface area contributed by atoms with Crippen molar-refractivity contribution in [2.45, 2.75) is 39.2 Å². The Morgan fingerprint density at radius 3 is 2.61 bits per heavy atom. The lowest BCUT2D eigenvalue weighted by atomic mass is 10.1. The summed E-state index contributed by atoms with van der Waals surface area (Å²) in [5, 5.41) is 11.1. The number of carboxylic acids is 1. The molecule has 2 N–H and O–H groups in total. The van der Waals surface area contributed by atoms with Crippen LogP contribution in [0.4, 0.5) is 9.18 Å². The maximum atomic E-state index is 13.8. The van der Waals surface area contributed by atoms with Crippen molar-refractivity contribution in [1.29, 1.82) is 0 Å². The number of aryl methyl sites for hydroxylation is 1. The summed E-state index contributed by atoms with van der Waals surface area (Å²) < 4.78 is 18.8. The first-order valence-electron chi connectivity index (χ1n) is 7.13. The summed E-state index contributed by atoms with van der Waals surface area (Å²) in [5.41, 5.74) is 0.212. The first-order chi connectivity index (χ1) is 10.7. The van der Waals surface area contributed by atoms with Crippen molar-refractivity contribution < 1.29 is 23.8 Å². The highest BCUT2D eigenvalue weighted by atomic mass is 19.1. The highest BCUT2D eigenvalue weighted by Crippen LogP contribution is 2.12. The Bertz CT molecular complexity index is 638. The molecule has 0 aliphatic carbocycles. The summed E-state index contributed by atoms with van der Waals surface area (Å²) in [6.07, 6.45) is -0.557. The van der Waals surface area contributed by atoms with Crippen molar-refractivity contribution in [3.63, 3.8) is 0 Å². The van der Waals surface area contributed by atoms with Crippen LogP contribution in [0.25, 0.3) is 0 Å². The van der Waals surface area contributed by atoms with Crippen molar-refractivity contribution in [2.75, 3.05) is 6.54 Å². The van der Waals surface area contributed by atoms with E-state index in [0.29, 0.717) is 11.1 Å². The summed E-state index contributed by atoms with van der Waals surface area (Å²) in [4.78, 5) is 21.9. The molecule has 23 heavy (non-hydrogen) atoms. The normalized spacial score (nSPS) is 10.4.